The Bertz CT molecular complexity index is 779. The van der Waals surface area contributed by atoms with Gasteiger partial charge in [-0.2, -0.15) is 0 Å². The van der Waals surface area contributed by atoms with Crippen molar-refractivity contribution in [2.24, 2.45) is 7.05 Å². The zero-order valence-electron chi connectivity index (χ0n) is 13.3. The van der Waals surface area contributed by atoms with Crippen LogP contribution in [-0.4, -0.2) is 23.1 Å². The number of hydrogen-bond acceptors (Lipinski definition) is 4. The zero-order valence-corrected chi connectivity index (χ0v) is 13.3. The first-order chi connectivity index (χ1) is 11.0. The Morgan fingerprint density at radius 1 is 1.22 bits per heavy atom. The molecular weight excluding hydrogens is 296 g/mol. The number of amides is 1. The van der Waals surface area contributed by atoms with Gasteiger partial charge in [-0.1, -0.05) is 6.07 Å². The van der Waals surface area contributed by atoms with Crippen molar-refractivity contribution in [3.8, 4) is 11.5 Å². The lowest BCUT2D eigenvalue weighted by molar-refractivity contribution is 0.0931. The van der Waals surface area contributed by atoms with Gasteiger partial charge in [-0.05, 0) is 37.6 Å². The number of ketones is 1. The average molecular weight is 314 g/mol. The molecule has 0 aliphatic carbocycles. The van der Waals surface area contributed by atoms with Crippen LogP contribution >= 0.6 is 0 Å². The van der Waals surface area contributed by atoms with Crippen molar-refractivity contribution in [1.82, 2.24) is 9.88 Å². The van der Waals surface area contributed by atoms with Gasteiger partial charge >= 0.3 is 0 Å². The smallest absolute Gasteiger partial charge is 0.268 e. The van der Waals surface area contributed by atoms with Crippen molar-refractivity contribution in [2.45, 2.75) is 19.9 Å². The molecule has 0 fully saturated rings. The summed E-state index contributed by atoms with van der Waals surface area (Å²) >= 11 is 0. The van der Waals surface area contributed by atoms with E-state index < -0.39 is 0 Å². The average Bonchev–Trinajstić information content (AvgIpc) is 3.12. The molecule has 1 atom stereocenters. The number of aryl methyl sites for hydroxylation is 1. The number of aromatic nitrogens is 1. The minimum absolute atomic E-state index is 0.0662. The molecule has 3 rings (SSSR count). The molecule has 0 unspecified atom stereocenters. The summed E-state index contributed by atoms with van der Waals surface area (Å²) in [6.07, 6.45) is 1.66. The van der Waals surface area contributed by atoms with Gasteiger partial charge in [-0.25, -0.2) is 0 Å². The topological polar surface area (TPSA) is 69.6 Å². The van der Waals surface area contributed by atoms with Crippen LogP contribution in [0.1, 0.15) is 46.3 Å². The lowest BCUT2D eigenvalue weighted by Gasteiger charge is -2.15. The van der Waals surface area contributed by atoms with Crippen LogP contribution in [0.5, 0.6) is 11.5 Å². The summed E-state index contributed by atoms with van der Waals surface area (Å²) in [6, 6.07) is 6.98. The molecule has 0 bridgehead atoms. The van der Waals surface area contributed by atoms with E-state index >= 15 is 0 Å². The lowest BCUT2D eigenvalue weighted by Crippen LogP contribution is -2.28. The second-order valence-electron chi connectivity index (χ2n) is 5.59. The molecule has 1 aromatic carbocycles. The van der Waals surface area contributed by atoms with Crippen LogP contribution < -0.4 is 14.8 Å². The largest absolute Gasteiger partial charge is 0.454 e. The Morgan fingerprint density at radius 3 is 2.65 bits per heavy atom. The lowest BCUT2D eigenvalue weighted by atomic mass is 10.1. The minimum Gasteiger partial charge on any atom is -0.454 e. The molecule has 1 aromatic heterocycles. The number of fused-ring (bicyclic) bond motifs is 1. The van der Waals surface area contributed by atoms with Gasteiger partial charge in [-0.3, -0.25) is 9.59 Å². The molecule has 6 nitrogen and oxygen atoms in total. The molecule has 0 saturated carbocycles. The van der Waals surface area contributed by atoms with Crippen molar-refractivity contribution in [1.29, 1.82) is 0 Å². The highest BCUT2D eigenvalue weighted by atomic mass is 16.7. The summed E-state index contributed by atoms with van der Waals surface area (Å²) < 4.78 is 12.3. The van der Waals surface area contributed by atoms with E-state index in [-0.39, 0.29) is 24.5 Å². The van der Waals surface area contributed by atoms with Crippen LogP contribution in [0.15, 0.2) is 30.5 Å². The maximum Gasteiger partial charge on any atom is 0.268 e. The highest BCUT2D eigenvalue weighted by Gasteiger charge is 2.19. The molecule has 6 heteroatoms. The maximum atomic E-state index is 12.4. The molecule has 120 valence electrons. The van der Waals surface area contributed by atoms with Crippen LogP contribution in [0.2, 0.25) is 0 Å². The number of ether oxygens (including phenoxy) is 2. The molecule has 2 heterocycles. The fourth-order valence-corrected chi connectivity index (χ4v) is 2.52. The molecule has 23 heavy (non-hydrogen) atoms. The van der Waals surface area contributed by atoms with Gasteiger partial charge in [-0.15, -0.1) is 0 Å². The SMILES string of the molecule is CC(=O)c1cc(C(=O)N[C@@H](C)c2ccc3c(c2)OCO3)n(C)c1. The number of hydrogen-bond donors (Lipinski definition) is 1. The predicted octanol–water partition coefficient (Wildman–Crippen LogP) is 2.45. The number of carbonyl (C=O) groups excluding carboxylic acids is 2. The van der Waals surface area contributed by atoms with Crippen LogP contribution in [0.3, 0.4) is 0 Å². The third-order valence-corrected chi connectivity index (χ3v) is 3.89. The van der Waals surface area contributed by atoms with E-state index in [1.165, 1.54) is 6.92 Å². The summed E-state index contributed by atoms with van der Waals surface area (Å²) in [5.74, 6) is 1.09. The maximum absolute atomic E-state index is 12.4. The van der Waals surface area contributed by atoms with Crippen molar-refractivity contribution in [2.75, 3.05) is 6.79 Å². The summed E-state index contributed by atoms with van der Waals surface area (Å²) in [5, 5.41) is 2.93. The first kappa shape index (κ1) is 15.1. The number of rotatable bonds is 4. The summed E-state index contributed by atoms with van der Waals surface area (Å²) in [5.41, 5.74) is 1.89. The van der Waals surface area contributed by atoms with E-state index in [0.717, 1.165) is 5.56 Å². The molecule has 1 aliphatic rings. The predicted molar refractivity (Wildman–Crippen MR) is 83.9 cm³/mol. The van der Waals surface area contributed by atoms with Gasteiger partial charge in [0, 0.05) is 18.8 Å². The minimum atomic E-state index is -0.231. The Balaban J connectivity index is 1.76. The normalized spacial score (nSPS) is 13.7. The van der Waals surface area contributed by atoms with E-state index in [1.54, 1.807) is 23.9 Å². The molecular formula is C17H18N2O4. The third kappa shape index (κ3) is 2.92. The van der Waals surface area contributed by atoms with E-state index in [4.69, 9.17) is 9.47 Å². The Hall–Kier alpha value is -2.76. The zero-order chi connectivity index (χ0) is 16.6. The second-order valence-corrected chi connectivity index (χ2v) is 5.59. The number of carbonyl (C=O) groups is 2. The van der Waals surface area contributed by atoms with Crippen LogP contribution in [0.25, 0.3) is 0 Å². The summed E-state index contributed by atoms with van der Waals surface area (Å²) in [6.45, 7) is 3.59. The van der Waals surface area contributed by atoms with E-state index in [2.05, 4.69) is 5.32 Å². The van der Waals surface area contributed by atoms with E-state index in [0.29, 0.717) is 22.8 Å². The van der Waals surface area contributed by atoms with Gasteiger partial charge in [0.15, 0.2) is 17.3 Å². The fourth-order valence-electron chi connectivity index (χ4n) is 2.52. The van der Waals surface area contributed by atoms with Gasteiger partial charge in [0.1, 0.15) is 5.69 Å². The quantitative estimate of drug-likeness (QED) is 0.880. The Morgan fingerprint density at radius 2 is 1.96 bits per heavy atom. The molecule has 1 N–H and O–H groups in total. The molecule has 1 aliphatic heterocycles. The summed E-state index contributed by atoms with van der Waals surface area (Å²) in [4.78, 5) is 23.8. The van der Waals surface area contributed by atoms with Gasteiger partial charge < -0.3 is 19.4 Å². The molecule has 2 aromatic rings. The Kier molecular flexibility index (Phi) is 3.82. The van der Waals surface area contributed by atoms with E-state index in [9.17, 15) is 9.59 Å². The fraction of sp³-hybridized carbons (Fsp3) is 0.294. The standard InChI is InChI=1S/C17H18N2O4/c1-10(12-4-5-15-16(7-12)23-9-22-15)18-17(21)14-6-13(11(2)20)8-19(14)3/h4-8,10H,9H2,1-3H3,(H,18,21)/t10-/m0/s1. The summed E-state index contributed by atoms with van der Waals surface area (Å²) in [7, 11) is 1.74. The first-order valence-electron chi connectivity index (χ1n) is 7.33. The molecule has 0 spiro atoms. The van der Waals surface area contributed by atoms with Gasteiger partial charge in [0.2, 0.25) is 6.79 Å². The molecule has 0 saturated heterocycles. The van der Waals surface area contributed by atoms with Crippen molar-refractivity contribution < 1.29 is 19.1 Å². The number of Topliss-reactive ketones (excluding diaryl/α,β-unsaturated/α-hetero) is 1. The van der Waals surface area contributed by atoms with Crippen LogP contribution in [-0.2, 0) is 7.05 Å². The number of nitrogens with zero attached hydrogens (tertiary/aromatic N) is 1. The second kappa shape index (κ2) is 5.79. The van der Waals surface area contributed by atoms with Crippen LogP contribution in [0, 0.1) is 0 Å². The van der Waals surface area contributed by atoms with E-state index in [1.807, 2.05) is 25.1 Å². The highest BCUT2D eigenvalue weighted by molar-refractivity contribution is 5.99. The molecule has 1 amide bonds. The third-order valence-electron chi connectivity index (χ3n) is 3.89. The van der Waals surface area contributed by atoms with Gasteiger partial charge in [0.05, 0.1) is 6.04 Å². The molecule has 0 radical (unpaired) electrons. The Labute approximate surface area is 134 Å². The van der Waals surface area contributed by atoms with Gasteiger partial charge in [0.25, 0.3) is 5.91 Å². The van der Waals surface area contributed by atoms with Crippen molar-refractivity contribution in [3.05, 3.63) is 47.3 Å². The number of nitrogens with one attached hydrogen (secondary N) is 1. The van der Waals surface area contributed by atoms with Crippen LogP contribution in [0.4, 0.5) is 0 Å². The monoisotopic (exact) mass is 314 g/mol. The highest BCUT2D eigenvalue weighted by Crippen LogP contribution is 2.34. The first-order valence-corrected chi connectivity index (χ1v) is 7.33. The van der Waals surface area contributed by atoms with Crippen molar-refractivity contribution in [3.63, 3.8) is 0 Å². The van der Waals surface area contributed by atoms with Crippen molar-refractivity contribution >= 4 is 11.7 Å². The number of benzene rings is 1.